The molecule has 0 saturated carbocycles. The van der Waals surface area contributed by atoms with Gasteiger partial charge in [0.2, 0.25) is 0 Å². The maximum atomic E-state index is 4.88. The van der Waals surface area contributed by atoms with Crippen LogP contribution >= 0.6 is 0 Å². The van der Waals surface area contributed by atoms with E-state index < -0.39 is 0 Å². The van der Waals surface area contributed by atoms with Crippen molar-refractivity contribution in [1.29, 1.82) is 0 Å². The van der Waals surface area contributed by atoms with Crippen molar-refractivity contribution < 1.29 is 0 Å². The summed E-state index contributed by atoms with van der Waals surface area (Å²) >= 11 is 0. The fourth-order valence-corrected chi connectivity index (χ4v) is 4.90. The lowest BCUT2D eigenvalue weighted by atomic mass is 10.0. The Balaban J connectivity index is 1.35. The van der Waals surface area contributed by atoms with Crippen molar-refractivity contribution in [3.05, 3.63) is 82.8 Å². The molecule has 1 saturated heterocycles. The molecule has 3 heterocycles. The fourth-order valence-electron chi connectivity index (χ4n) is 4.90. The first-order valence-electron chi connectivity index (χ1n) is 12.3. The smallest absolute Gasteiger partial charge is 0.160 e. The van der Waals surface area contributed by atoms with E-state index in [1.807, 2.05) is 0 Å². The summed E-state index contributed by atoms with van der Waals surface area (Å²) in [5.74, 6) is 1.09. The van der Waals surface area contributed by atoms with Crippen molar-refractivity contribution in [3.8, 4) is 11.1 Å². The van der Waals surface area contributed by atoms with Gasteiger partial charge in [-0.15, -0.1) is 0 Å². The number of benzene rings is 2. The molecule has 34 heavy (non-hydrogen) atoms. The average Bonchev–Trinajstić information content (AvgIpc) is 3.19. The molecule has 0 amide bonds. The Kier molecular flexibility index (Phi) is 6.48. The first-order valence-corrected chi connectivity index (χ1v) is 12.3. The normalized spacial score (nSPS) is 15.3. The highest BCUT2D eigenvalue weighted by Crippen LogP contribution is 2.24. The molecule has 175 valence electrons. The molecule has 1 aliphatic heterocycles. The minimum Gasteiger partial charge on any atom is -0.308 e. The number of likely N-dealkylation sites (N-methyl/N-ethyl adjacent to an activating group) is 1. The summed E-state index contributed by atoms with van der Waals surface area (Å²) in [4.78, 5) is 14.6. The fraction of sp³-hybridized carbons (Fsp3) is 0.379. The van der Waals surface area contributed by atoms with Crippen molar-refractivity contribution in [1.82, 2.24) is 24.3 Å². The third-order valence-corrected chi connectivity index (χ3v) is 6.89. The molecule has 5 heteroatoms. The van der Waals surface area contributed by atoms with Crippen LogP contribution < -0.4 is 0 Å². The molecule has 0 unspecified atom stereocenters. The number of aromatic nitrogens is 3. The third kappa shape index (κ3) is 4.77. The Bertz CT molecular complexity index is 1280. The number of hydrogen-bond donors (Lipinski definition) is 0. The molecule has 1 fully saturated rings. The number of aryl methyl sites for hydroxylation is 3. The maximum absolute atomic E-state index is 4.88. The van der Waals surface area contributed by atoms with Gasteiger partial charge < -0.3 is 9.47 Å². The first kappa shape index (κ1) is 22.8. The first-order chi connectivity index (χ1) is 16.5. The van der Waals surface area contributed by atoms with Gasteiger partial charge in [-0.25, -0.2) is 9.97 Å². The van der Waals surface area contributed by atoms with Crippen LogP contribution in [0.15, 0.2) is 48.5 Å². The molecular weight excluding hydrogens is 418 g/mol. The monoisotopic (exact) mass is 452 g/mol. The summed E-state index contributed by atoms with van der Waals surface area (Å²) in [5.41, 5.74) is 9.22. The van der Waals surface area contributed by atoms with Gasteiger partial charge in [-0.05, 0) is 66.9 Å². The van der Waals surface area contributed by atoms with Crippen molar-refractivity contribution in [2.45, 2.75) is 40.3 Å². The highest BCUT2D eigenvalue weighted by atomic mass is 15.2. The Hall–Kier alpha value is -3.02. The van der Waals surface area contributed by atoms with Crippen LogP contribution in [0, 0.1) is 19.9 Å². The van der Waals surface area contributed by atoms with Gasteiger partial charge in [0.05, 0.1) is 6.54 Å². The van der Waals surface area contributed by atoms with Gasteiger partial charge in [-0.3, -0.25) is 4.90 Å². The molecular formula is C29H34N5. The second kappa shape index (κ2) is 9.69. The van der Waals surface area contributed by atoms with Crippen LogP contribution in [0.25, 0.3) is 22.3 Å². The largest absolute Gasteiger partial charge is 0.308 e. The number of imidazole rings is 1. The molecule has 0 atom stereocenters. The quantitative estimate of drug-likeness (QED) is 0.418. The predicted molar refractivity (Wildman–Crippen MR) is 139 cm³/mol. The molecule has 5 nitrogen and oxygen atoms in total. The Labute approximate surface area is 203 Å². The van der Waals surface area contributed by atoms with Crippen LogP contribution in [0.1, 0.15) is 35.1 Å². The Morgan fingerprint density at radius 1 is 0.882 bits per heavy atom. The highest BCUT2D eigenvalue weighted by Gasteiger charge is 2.15. The van der Waals surface area contributed by atoms with E-state index in [0.717, 1.165) is 73.9 Å². The van der Waals surface area contributed by atoms with E-state index in [2.05, 4.69) is 96.8 Å². The van der Waals surface area contributed by atoms with Gasteiger partial charge in [0, 0.05) is 44.8 Å². The summed E-state index contributed by atoms with van der Waals surface area (Å²) in [6.45, 7) is 12.7. The zero-order chi connectivity index (χ0) is 23.7. The number of fused-ring (bicyclic) bond motifs is 1. The van der Waals surface area contributed by atoms with Crippen LogP contribution in [0.2, 0.25) is 0 Å². The van der Waals surface area contributed by atoms with E-state index >= 15 is 0 Å². The summed E-state index contributed by atoms with van der Waals surface area (Å²) in [7, 11) is 2.20. The number of hydrogen-bond acceptors (Lipinski definition) is 4. The van der Waals surface area contributed by atoms with Crippen LogP contribution in [-0.4, -0.2) is 57.6 Å². The van der Waals surface area contributed by atoms with Gasteiger partial charge in [0.1, 0.15) is 11.3 Å². The second-order valence-corrected chi connectivity index (χ2v) is 9.61. The SMILES string of the molecule is CCc1nc2c(C)cc(C)nc2n1Cc1ccc(-c2[c]ccc(CN3CCN(C)CC3)c2)cc1. The lowest BCUT2D eigenvalue weighted by molar-refractivity contribution is 0.148. The van der Waals surface area contributed by atoms with E-state index in [0.29, 0.717) is 0 Å². The van der Waals surface area contributed by atoms with Crippen molar-refractivity contribution in [3.63, 3.8) is 0 Å². The third-order valence-electron chi connectivity index (χ3n) is 6.89. The summed E-state index contributed by atoms with van der Waals surface area (Å²) in [6, 6.07) is 21.0. The predicted octanol–water partition coefficient (Wildman–Crippen LogP) is 4.87. The van der Waals surface area contributed by atoms with E-state index in [1.165, 1.54) is 22.3 Å². The minimum absolute atomic E-state index is 0.781. The van der Waals surface area contributed by atoms with Gasteiger partial charge in [-0.2, -0.15) is 0 Å². The van der Waals surface area contributed by atoms with Crippen molar-refractivity contribution >= 4 is 11.2 Å². The van der Waals surface area contributed by atoms with Gasteiger partial charge in [0.15, 0.2) is 5.65 Å². The molecule has 1 radical (unpaired) electrons. The zero-order valence-electron chi connectivity index (χ0n) is 20.8. The number of nitrogens with zero attached hydrogens (tertiary/aromatic N) is 5. The summed E-state index contributed by atoms with van der Waals surface area (Å²) in [6.07, 6.45) is 0.891. The van der Waals surface area contributed by atoms with Gasteiger partial charge in [-0.1, -0.05) is 43.3 Å². The molecule has 4 aromatic rings. The van der Waals surface area contributed by atoms with Crippen LogP contribution in [0.3, 0.4) is 0 Å². The molecule has 0 spiro atoms. The van der Waals surface area contributed by atoms with E-state index in [1.54, 1.807) is 0 Å². The molecule has 0 N–H and O–H groups in total. The number of piperazine rings is 1. The Morgan fingerprint density at radius 2 is 1.65 bits per heavy atom. The molecule has 2 aromatic heterocycles. The van der Waals surface area contributed by atoms with Crippen LogP contribution in [-0.2, 0) is 19.5 Å². The summed E-state index contributed by atoms with van der Waals surface area (Å²) < 4.78 is 2.27. The molecule has 2 aromatic carbocycles. The molecule has 0 aliphatic carbocycles. The number of rotatable bonds is 6. The lowest BCUT2D eigenvalue weighted by Crippen LogP contribution is -2.43. The summed E-state index contributed by atoms with van der Waals surface area (Å²) in [5, 5.41) is 0. The average molecular weight is 453 g/mol. The molecule has 5 rings (SSSR count). The molecule has 1 aliphatic rings. The van der Waals surface area contributed by atoms with Crippen molar-refractivity contribution in [2.75, 3.05) is 33.2 Å². The van der Waals surface area contributed by atoms with E-state index in [9.17, 15) is 0 Å². The van der Waals surface area contributed by atoms with Crippen molar-refractivity contribution in [2.24, 2.45) is 0 Å². The van der Waals surface area contributed by atoms with E-state index in [-0.39, 0.29) is 0 Å². The maximum Gasteiger partial charge on any atom is 0.160 e. The zero-order valence-corrected chi connectivity index (χ0v) is 20.8. The van der Waals surface area contributed by atoms with Crippen LogP contribution in [0.4, 0.5) is 0 Å². The lowest BCUT2D eigenvalue weighted by Gasteiger charge is -2.32. The van der Waals surface area contributed by atoms with Crippen LogP contribution in [0.5, 0.6) is 0 Å². The number of pyridine rings is 1. The van der Waals surface area contributed by atoms with Gasteiger partial charge in [0.25, 0.3) is 0 Å². The van der Waals surface area contributed by atoms with Gasteiger partial charge >= 0.3 is 0 Å². The molecule has 0 bridgehead atoms. The topological polar surface area (TPSA) is 37.2 Å². The Morgan fingerprint density at radius 3 is 2.38 bits per heavy atom. The van der Waals surface area contributed by atoms with E-state index in [4.69, 9.17) is 9.97 Å². The minimum atomic E-state index is 0.781. The highest BCUT2D eigenvalue weighted by molar-refractivity contribution is 5.76. The standard InChI is InChI=1S/C29H34N5/c1-5-27-31-28-21(2)17-22(3)30-29(28)34(27)20-23-9-11-25(12-10-23)26-8-6-7-24(18-26)19-33-15-13-32(4)14-16-33/h6-7,9-12,17-18H,5,13-16,19-20H2,1-4H3. The second-order valence-electron chi connectivity index (χ2n) is 9.61.